The number of hydrogen-bond acceptors (Lipinski definition) is 14. The highest BCUT2D eigenvalue weighted by Gasteiger charge is 2.84. The second kappa shape index (κ2) is 19.6. The summed E-state index contributed by atoms with van der Waals surface area (Å²) in [6.07, 6.45) is 29.2. The van der Waals surface area contributed by atoms with E-state index in [1.807, 2.05) is 0 Å². The van der Waals surface area contributed by atoms with Crippen molar-refractivity contribution in [2.45, 2.75) is 238 Å². The van der Waals surface area contributed by atoms with E-state index in [0.717, 1.165) is 167 Å². The van der Waals surface area contributed by atoms with Gasteiger partial charge in [-0.3, -0.25) is 0 Å². The third kappa shape index (κ3) is 9.26. The van der Waals surface area contributed by atoms with E-state index >= 15 is 0 Å². The van der Waals surface area contributed by atoms with Crippen molar-refractivity contribution in [2.75, 3.05) is 6.61 Å². The first kappa shape index (κ1) is 48.0. The number of rotatable bonds is 14. The molecule has 14 nitrogen and oxygen atoms in total. The summed E-state index contributed by atoms with van der Waals surface area (Å²) in [5.41, 5.74) is 0.824. The lowest BCUT2D eigenvalue weighted by Gasteiger charge is -2.62. The van der Waals surface area contributed by atoms with Crippen LogP contribution < -0.4 is 0 Å². The van der Waals surface area contributed by atoms with Crippen LogP contribution in [0.25, 0.3) is 0 Å². The summed E-state index contributed by atoms with van der Waals surface area (Å²) < 4.78 is 104. The molecule has 0 aromatic carbocycles. The van der Waals surface area contributed by atoms with Crippen LogP contribution in [0.1, 0.15) is 193 Å². The number of hydrogen-bond donors (Lipinski definition) is 0. The summed E-state index contributed by atoms with van der Waals surface area (Å²) in [5.74, 6) is -0.397. The minimum atomic E-state index is -4.07. The van der Waals surface area contributed by atoms with Crippen LogP contribution in [0.5, 0.6) is 0 Å². The Labute approximate surface area is 400 Å². The van der Waals surface area contributed by atoms with Gasteiger partial charge < -0.3 is 54.1 Å². The SMILES string of the molecule is C=C(C)C(=O)OCCC[Si]1(O[Si]C2CCCC2)O[Si]2(C3CCCC3)O[Si]3(C4CCCC4)O[Si]O[Si]4(C5CCCC5)O[Si](C5CCCC5)(O1)O[Si](C1CCCC1)(O2)O[Si](C1CCCC1)(O3)O4. The van der Waals surface area contributed by atoms with Crippen molar-refractivity contribution in [2.24, 2.45) is 0 Å². The Morgan fingerprint density at radius 3 is 1.15 bits per heavy atom. The Kier molecular flexibility index (Phi) is 14.5. The van der Waals surface area contributed by atoms with Crippen LogP contribution in [-0.2, 0) is 58.9 Å². The predicted octanol–water partition coefficient (Wildman–Crippen LogP) is 10.5. The van der Waals surface area contributed by atoms with Gasteiger partial charge in [-0.2, -0.15) is 0 Å². The first-order valence-electron chi connectivity index (χ1n) is 26.3. The molecule has 11 fully saturated rings. The number of fused-ring (bicyclic) bond motifs is 4. The second-order valence-electron chi connectivity index (χ2n) is 21.6. The molecular formula is C42H74O14Si9. The number of esters is 1. The van der Waals surface area contributed by atoms with Crippen LogP contribution in [0, 0.1) is 0 Å². The molecule has 4 radical (unpaired) electrons. The largest absolute Gasteiger partial charge is 0.482 e. The highest BCUT2D eigenvalue weighted by Crippen LogP contribution is 2.63. The summed E-state index contributed by atoms with van der Waals surface area (Å²) >= 11 is 0. The molecular weight excluding hydrogens is 981 g/mol. The minimum absolute atomic E-state index is 0.00823. The number of carbonyl (C=O) groups is 1. The molecule has 23 heteroatoms. The van der Waals surface area contributed by atoms with Gasteiger partial charge in [0.25, 0.3) is 0 Å². The van der Waals surface area contributed by atoms with E-state index in [9.17, 15) is 4.79 Å². The monoisotopic (exact) mass is 1050 g/mol. The molecule has 65 heavy (non-hydrogen) atoms. The van der Waals surface area contributed by atoms with E-state index in [1.165, 1.54) is 12.8 Å². The topological polar surface area (TPSA) is 137 Å². The first-order chi connectivity index (χ1) is 31.6. The third-order valence-electron chi connectivity index (χ3n) is 17.0. The van der Waals surface area contributed by atoms with Crippen LogP contribution in [0.4, 0.5) is 0 Å². The van der Waals surface area contributed by atoms with E-state index < -0.39 is 67.6 Å². The van der Waals surface area contributed by atoms with Crippen molar-refractivity contribution in [3.8, 4) is 0 Å². The van der Waals surface area contributed by atoms with Gasteiger partial charge in [-0.15, -0.1) is 0 Å². The fourth-order valence-corrected chi connectivity index (χ4v) is 63.5. The average molecular weight is 1060 g/mol. The van der Waals surface area contributed by atoms with Crippen molar-refractivity contribution in [1.29, 1.82) is 0 Å². The maximum absolute atomic E-state index is 12.9. The molecule has 4 heterocycles. The molecule has 4 aliphatic heterocycles. The molecule has 362 valence electrons. The van der Waals surface area contributed by atoms with Gasteiger partial charge in [0.05, 0.1) is 6.61 Å². The first-order valence-corrected chi connectivity index (χ1v) is 40.8. The van der Waals surface area contributed by atoms with Crippen molar-refractivity contribution in [1.82, 2.24) is 0 Å². The molecule has 11 rings (SSSR count). The molecule has 0 amide bonds. The molecule has 0 aromatic rings. The summed E-state index contributed by atoms with van der Waals surface area (Å²) in [4.78, 5) is 12.9. The number of ether oxygens (including phenoxy) is 1. The van der Waals surface area contributed by atoms with Gasteiger partial charge in [-0.25, -0.2) is 4.79 Å². The summed E-state index contributed by atoms with van der Waals surface area (Å²) in [6.45, 7) is 5.74. The van der Waals surface area contributed by atoms with Crippen molar-refractivity contribution < 1.29 is 58.9 Å². The Bertz CT molecular complexity index is 1630. The van der Waals surface area contributed by atoms with Gasteiger partial charge in [0.15, 0.2) is 0 Å². The fraction of sp³-hybridized carbons (Fsp3) is 0.929. The van der Waals surface area contributed by atoms with Crippen molar-refractivity contribution >= 4 is 87.4 Å². The van der Waals surface area contributed by atoms with Gasteiger partial charge >= 0.3 is 77.6 Å². The molecule has 4 saturated heterocycles. The molecule has 4 unspecified atom stereocenters. The lowest BCUT2D eigenvalue weighted by molar-refractivity contribution is -0.139. The maximum atomic E-state index is 12.9. The Morgan fingerprint density at radius 1 is 0.492 bits per heavy atom. The van der Waals surface area contributed by atoms with Gasteiger partial charge in [0.1, 0.15) is 0 Å². The zero-order valence-corrected chi connectivity index (χ0v) is 47.9. The Hall–Kier alpha value is 0.682. The normalized spacial score (nSPS) is 43.0. The Morgan fingerprint density at radius 2 is 0.800 bits per heavy atom. The Balaban J connectivity index is 1.16. The quantitative estimate of drug-likeness (QED) is 0.0706. The van der Waals surface area contributed by atoms with Gasteiger partial charge in [0, 0.05) is 44.9 Å². The summed E-state index contributed by atoms with van der Waals surface area (Å²) in [5, 5.41) is 0. The van der Waals surface area contributed by atoms with Gasteiger partial charge in [0.2, 0.25) is 9.76 Å². The summed E-state index contributed by atoms with van der Waals surface area (Å²) in [7, 11) is -27.9. The van der Waals surface area contributed by atoms with Crippen LogP contribution in [0.3, 0.4) is 0 Å². The molecule has 11 aliphatic rings. The molecule has 7 saturated carbocycles. The lowest BCUT2D eigenvalue weighted by Crippen LogP contribution is -2.86. The van der Waals surface area contributed by atoms with E-state index in [4.69, 9.17) is 54.1 Å². The minimum Gasteiger partial charge on any atom is -0.462 e. The smallest absolute Gasteiger partial charge is 0.462 e. The highest BCUT2D eigenvalue weighted by atomic mass is 28.6. The standard InChI is InChI=1S/C42H74O14Si9/c1-34(2)42(43)44-32-17-33-59(45-57-35-18-3-4-19-35)48-62(38-24-9-10-25-38)50-60(36-20-5-6-21-36)46-58-47-61(37-22-7-8-23-37)51-63(49-59,39-26-11-12-27-39)55-65(54-62,41-30-15-16-31-41)56-64(52-60,53-61)40-28-13-14-29-40/h35-41H,1,3-33H2,2H3. The summed E-state index contributed by atoms with van der Waals surface area (Å²) in [6, 6.07) is 0.402. The highest BCUT2D eigenvalue weighted by molar-refractivity contribution is 7.01. The van der Waals surface area contributed by atoms with Crippen molar-refractivity contribution in [3.05, 3.63) is 12.2 Å². The fourth-order valence-electron chi connectivity index (χ4n) is 13.5. The lowest BCUT2D eigenvalue weighted by atomic mass is 10.4. The molecule has 0 aromatic heterocycles. The van der Waals surface area contributed by atoms with Crippen LogP contribution in [-0.4, -0.2) is 94.0 Å². The third-order valence-corrected chi connectivity index (χ3v) is 53.7. The number of carbonyl (C=O) groups excluding carboxylic acids is 1. The maximum Gasteiger partial charge on any atom is 0.482 e. The molecule has 7 aliphatic carbocycles. The second-order valence-corrected chi connectivity index (χ2v) is 46.6. The van der Waals surface area contributed by atoms with E-state index in [0.29, 0.717) is 23.6 Å². The average Bonchev–Trinajstić information content (AvgIpc) is 4.13. The van der Waals surface area contributed by atoms with E-state index in [1.54, 1.807) is 6.92 Å². The van der Waals surface area contributed by atoms with Crippen molar-refractivity contribution in [3.63, 3.8) is 0 Å². The predicted molar refractivity (Wildman–Crippen MR) is 256 cm³/mol. The van der Waals surface area contributed by atoms with Crippen LogP contribution >= 0.6 is 0 Å². The van der Waals surface area contributed by atoms with Crippen LogP contribution in [0.2, 0.25) is 44.8 Å². The molecule has 4 atom stereocenters. The molecule has 0 spiro atoms. The van der Waals surface area contributed by atoms with Crippen LogP contribution in [0.15, 0.2) is 12.2 Å². The molecule has 0 N–H and O–H groups in total. The van der Waals surface area contributed by atoms with Gasteiger partial charge in [-0.05, 0) is 95.9 Å². The zero-order valence-electron chi connectivity index (χ0n) is 38.9. The molecule has 6 bridgehead atoms. The van der Waals surface area contributed by atoms with E-state index in [2.05, 4.69) is 6.58 Å². The van der Waals surface area contributed by atoms with Gasteiger partial charge in [-0.1, -0.05) is 109 Å². The van der Waals surface area contributed by atoms with E-state index in [-0.39, 0.29) is 59.6 Å². The zero-order chi connectivity index (χ0) is 44.2.